The van der Waals surface area contributed by atoms with Gasteiger partial charge in [-0.3, -0.25) is 0 Å². The van der Waals surface area contributed by atoms with Gasteiger partial charge in [0.15, 0.2) is 0 Å². The topological polar surface area (TPSA) is 52.5 Å². The maximum absolute atomic E-state index is 9.76. The van der Waals surface area contributed by atoms with E-state index in [1.54, 1.807) is 0 Å². The number of aliphatic hydroxyl groups excluding tert-OH is 2. The number of fused-ring (bicyclic) bond motifs is 5. The molecule has 146 valence electrons. The highest BCUT2D eigenvalue weighted by atomic mass is 35.5. The second-order valence-electron chi connectivity index (χ2n) is 7.27. The van der Waals surface area contributed by atoms with Gasteiger partial charge >= 0.3 is 0 Å². The lowest BCUT2D eigenvalue weighted by molar-refractivity contribution is 0.0865. The first-order valence-electron chi connectivity index (χ1n) is 9.50. The van der Waals surface area contributed by atoms with Crippen molar-refractivity contribution >= 4 is 44.7 Å². The fraction of sp³-hybridized carbons (Fsp3) is 0.250. The molecule has 0 saturated carbocycles. The molecule has 28 heavy (non-hydrogen) atoms. The molecule has 0 aliphatic carbocycles. The van der Waals surface area contributed by atoms with E-state index in [2.05, 4.69) is 72.0 Å². The first-order valence-corrected chi connectivity index (χ1v) is 9.50. The molecule has 0 unspecified atom stereocenters. The highest BCUT2D eigenvalue weighted by molar-refractivity contribution is 6.18. The van der Waals surface area contributed by atoms with Gasteiger partial charge in [-0.15, -0.1) is 12.4 Å². The van der Waals surface area contributed by atoms with E-state index in [-0.39, 0.29) is 25.6 Å². The van der Waals surface area contributed by atoms with Crippen LogP contribution in [-0.4, -0.2) is 29.0 Å². The molecular formula is C24H26ClNO2. The molecule has 4 heteroatoms. The van der Waals surface area contributed by atoms with Crippen LogP contribution in [0.3, 0.4) is 0 Å². The van der Waals surface area contributed by atoms with Crippen LogP contribution in [0, 0.1) is 0 Å². The fourth-order valence-electron chi connectivity index (χ4n) is 3.88. The Morgan fingerprint density at radius 2 is 1.36 bits per heavy atom. The highest BCUT2D eigenvalue weighted by Gasteiger charge is 2.26. The van der Waals surface area contributed by atoms with Crippen LogP contribution in [0.15, 0.2) is 66.7 Å². The average Bonchev–Trinajstić information content (AvgIpc) is 2.75. The quantitative estimate of drug-likeness (QED) is 0.411. The number of hydrogen-bond acceptors (Lipinski definition) is 3. The van der Waals surface area contributed by atoms with Crippen LogP contribution >= 0.6 is 12.4 Å². The predicted octanol–water partition coefficient (Wildman–Crippen LogP) is 4.79. The largest absolute Gasteiger partial charge is 0.394 e. The van der Waals surface area contributed by atoms with Crippen LogP contribution in [-0.2, 0) is 6.54 Å². The Hall–Kier alpha value is -2.17. The van der Waals surface area contributed by atoms with Crippen LogP contribution in [0.4, 0.5) is 0 Å². The second kappa shape index (κ2) is 8.46. The summed E-state index contributed by atoms with van der Waals surface area (Å²) in [5.74, 6) is 0. The van der Waals surface area contributed by atoms with E-state index in [1.807, 2.05) is 6.92 Å². The number of benzene rings is 4. The molecule has 0 atom stereocenters. The molecule has 0 fully saturated rings. The summed E-state index contributed by atoms with van der Waals surface area (Å²) in [5, 5.41) is 30.3. The summed E-state index contributed by atoms with van der Waals surface area (Å²) < 4.78 is 0. The number of aliphatic hydroxyl groups is 2. The van der Waals surface area contributed by atoms with Crippen molar-refractivity contribution in [3.8, 4) is 0 Å². The fourth-order valence-corrected chi connectivity index (χ4v) is 3.88. The third-order valence-corrected chi connectivity index (χ3v) is 5.79. The van der Waals surface area contributed by atoms with Crippen LogP contribution in [0.5, 0.6) is 0 Å². The molecule has 3 N–H and O–H groups in total. The molecule has 3 nitrogen and oxygen atoms in total. The van der Waals surface area contributed by atoms with Gasteiger partial charge < -0.3 is 15.5 Å². The van der Waals surface area contributed by atoms with Crippen molar-refractivity contribution in [1.29, 1.82) is 0 Å². The second-order valence-corrected chi connectivity index (χ2v) is 7.27. The van der Waals surface area contributed by atoms with Crippen molar-refractivity contribution in [1.82, 2.24) is 5.32 Å². The normalized spacial score (nSPS) is 11.8. The van der Waals surface area contributed by atoms with Crippen molar-refractivity contribution in [2.45, 2.75) is 25.4 Å². The van der Waals surface area contributed by atoms with E-state index < -0.39 is 5.54 Å². The average molecular weight is 396 g/mol. The highest BCUT2D eigenvalue weighted by Crippen LogP contribution is 2.33. The third-order valence-electron chi connectivity index (χ3n) is 5.79. The summed E-state index contributed by atoms with van der Waals surface area (Å²) in [6.07, 6.45) is 0.661. The summed E-state index contributed by atoms with van der Waals surface area (Å²) >= 11 is 0. The molecule has 0 amide bonds. The monoisotopic (exact) mass is 395 g/mol. The van der Waals surface area contributed by atoms with Crippen molar-refractivity contribution in [3.05, 3.63) is 72.3 Å². The molecule has 0 radical (unpaired) electrons. The van der Waals surface area contributed by atoms with Crippen LogP contribution in [0.1, 0.15) is 18.9 Å². The molecule has 0 aliphatic rings. The summed E-state index contributed by atoms with van der Waals surface area (Å²) in [4.78, 5) is 0. The standard InChI is InChI=1S/C24H25NO2.ClH/c1-2-24(15-26,16-27)25-14-18-13-23-19-8-4-3-7-17(19)11-12-22(23)21-10-6-5-9-20(18)21;/h3-13,25-27H,2,14-16H2,1H3;1H. The summed E-state index contributed by atoms with van der Waals surface area (Å²) in [5.41, 5.74) is 0.517. The molecule has 0 heterocycles. The molecule has 0 bridgehead atoms. The zero-order valence-electron chi connectivity index (χ0n) is 16.0. The Morgan fingerprint density at radius 3 is 2.04 bits per heavy atom. The minimum atomic E-state index is -0.658. The Balaban J connectivity index is 0.00000225. The zero-order valence-corrected chi connectivity index (χ0v) is 16.8. The van der Waals surface area contributed by atoms with Gasteiger partial charge in [-0.05, 0) is 50.4 Å². The smallest absolute Gasteiger partial charge is 0.0648 e. The SMILES string of the molecule is CCC(CO)(CO)NCc1cc2c3ccccc3ccc2c2ccccc12.Cl. The molecule has 0 saturated heterocycles. The summed E-state index contributed by atoms with van der Waals surface area (Å²) in [6, 6.07) is 23.5. The van der Waals surface area contributed by atoms with Crippen LogP contribution in [0.2, 0.25) is 0 Å². The van der Waals surface area contributed by atoms with E-state index in [0.29, 0.717) is 13.0 Å². The van der Waals surface area contributed by atoms with Crippen LogP contribution in [0.25, 0.3) is 32.3 Å². The first-order chi connectivity index (χ1) is 13.2. The maximum atomic E-state index is 9.76. The van der Waals surface area contributed by atoms with Gasteiger partial charge in [-0.2, -0.15) is 0 Å². The van der Waals surface area contributed by atoms with Crippen molar-refractivity contribution < 1.29 is 10.2 Å². The van der Waals surface area contributed by atoms with Crippen molar-refractivity contribution in [3.63, 3.8) is 0 Å². The first kappa shape index (κ1) is 20.6. The van der Waals surface area contributed by atoms with Gasteiger partial charge in [0, 0.05) is 6.54 Å². The molecule has 4 rings (SSSR count). The lowest BCUT2D eigenvalue weighted by Crippen LogP contribution is -2.50. The third kappa shape index (κ3) is 3.47. The Kier molecular flexibility index (Phi) is 6.21. The molecule has 0 spiro atoms. The Bertz CT molecular complexity index is 1100. The summed E-state index contributed by atoms with van der Waals surface area (Å²) in [6.45, 7) is 2.39. The van der Waals surface area contributed by atoms with E-state index >= 15 is 0 Å². The Morgan fingerprint density at radius 1 is 0.750 bits per heavy atom. The van der Waals surface area contributed by atoms with Crippen molar-refractivity contribution in [2.75, 3.05) is 13.2 Å². The molecule has 0 aliphatic heterocycles. The van der Waals surface area contributed by atoms with E-state index in [4.69, 9.17) is 0 Å². The van der Waals surface area contributed by atoms with E-state index in [0.717, 1.165) is 0 Å². The lowest BCUT2D eigenvalue weighted by Gasteiger charge is -2.30. The Labute approximate surface area is 171 Å². The number of halogens is 1. The number of hydrogen-bond donors (Lipinski definition) is 3. The molecule has 0 aromatic heterocycles. The van der Waals surface area contributed by atoms with Gasteiger partial charge in [0.25, 0.3) is 0 Å². The minimum Gasteiger partial charge on any atom is -0.394 e. The number of rotatable bonds is 6. The van der Waals surface area contributed by atoms with Crippen molar-refractivity contribution in [2.24, 2.45) is 0 Å². The molecule has 4 aromatic rings. The van der Waals surface area contributed by atoms with Gasteiger partial charge in [0.2, 0.25) is 0 Å². The van der Waals surface area contributed by atoms with Gasteiger partial charge in [-0.1, -0.05) is 67.6 Å². The minimum absolute atomic E-state index is 0. The van der Waals surface area contributed by atoms with Gasteiger partial charge in [-0.25, -0.2) is 0 Å². The van der Waals surface area contributed by atoms with E-state index in [1.165, 1.54) is 37.9 Å². The molecular weight excluding hydrogens is 370 g/mol. The lowest BCUT2D eigenvalue weighted by atomic mass is 9.92. The van der Waals surface area contributed by atoms with Crippen LogP contribution < -0.4 is 5.32 Å². The predicted molar refractivity (Wildman–Crippen MR) is 120 cm³/mol. The molecule has 4 aromatic carbocycles. The summed E-state index contributed by atoms with van der Waals surface area (Å²) in [7, 11) is 0. The van der Waals surface area contributed by atoms with E-state index in [9.17, 15) is 10.2 Å². The maximum Gasteiger partial charge on any atom is 0.0648 e. The number of nitrogens with one attached hydrogen (secondary N) is 1. The zero-order chi connectivity index (χ0) is 18.9. The van der Waals surface area contributed by atoms with Gasteiger partial charge in [0.05, 0.1) is 18.8 Å². The van der Waals surface area contributed by atoms with Gasteiger partial charge in [0.1, 0.15) is 0 Å².